The first-order chi connectivity index (χ1) is 22.3. The molecule has 0 radical (unpaired) electrons. The number of para-hydroxylation sites is 2. The molecule has 5 heteroatoms. The minimum Gasteiger partial charge on any atom is -0.456 e. The van der Waals surface area contributed by atoms with Gasteiger partial charge in [-0.1, -0.05) is 84.9 Å². The molecule has 4 nitrogen and oxygen atoms in total. The SMILES string of the molecule is c1ccc(-c2cc(-c3ccc4oc5ccc6sc7ccccc7c6c5c4c3)nc(-n3c4ccccc4c4ccccc43)n2)cc1. The van der Waals surface area contributed by atoms with Crippen molar-refractivity contribution in [3.63, 3.8) is 0 Å². The van der Waals surface area contributed by atoms with Gasteiger partial charge in [-0.2, -0.15) is 0 Å². The van der Waals surface area contributed by atoms with Crippen LogP contribution in [-0.2, 0) is 0 Å². The number of fused-ring (bicyclic) bond motifs is 10. The van der Waals surface area contributed by atoms with Crippen LogP contribution in [0.3, 0.4) is 0 Å². The molecule has 0 aliphatic heterocycles. The summed E-state index contributed by atoms with van der Waals surface area (Å²) in [7, 11) is 0. The molecule has 4 heterocycles. The van der Waals surface area contributed by atoms with Gasteiger partial charge in [0.15, 0.2) is 0 Å². The Kier molecular flexibility index (Phi) is 5.12. The van der Waals surface area contributed by atoms with Gasteiger partial charge in [0, 0.05) is 52.8 Å². The van der Waals surface area contributed by atoms with Gasteiger partial charge in [0.25, 0.3) is 0 Å². The van der Waals surface area contributed by atoms with Gasteiger partial charge in [-0.15, -0.1) is 11.3 Å². The normalized spacial score (nSPS) is 12.0. The van der Waals surface area contributed by atoms with Crippen molar-refractivity contribution >= 4 is 75.3 Å². The monoisotopic (exact) mass is 593 g/mol. The van der Waals surface area contributed by atoms with E-state index in [2.05, 4.69) is 138 Å². The molecule has 0 saturated heterocycles. The van der Waals surface area contributed by atoms with E-state index in [0.29, 0.717) is 5.95 Å². The average Bonchev–Trinajstić information content (AvgIpc) is 3.77. The second-order valence-corrected chi connectivity index (χ2v) is 12.5. The first kappa shape index (κ1) is 24.6. The Morgan fingerprint density at radius 3 is 1.89 bits per heavy atom. The van der Waals surface area contributed by atoms with Gasteiger partial charge in [-0.05, 0) is 54.6 Å². The lowest BCUT2D eigenvalue weighted by atomic mass is 10.0. The largest absolute Gasteiger partial charge is 0.456 e. The molecule has 0 unspecified atom stereocenters. The van der Waals surface area contributed by atoms with Crippen LogP contribution >= 0.6 is 11.3 Å². The Balaban J connectivity index is 1.27. The number of hydrogen-bond acceptors (Lipinski definition) is 4. The summed E-state index contributed by atoms with van der Waals surface area (Å²) in [4.78, 5) is 10.4. The fourth-order valence-corrected chi connectivity index (χ4v) is 7.93. The molecule has 0 bridgehead atoms. The molecule has 45 heavy (non-hydrogen) atoms. The molecule has 6 aromatic carbocycles. The maximum Gasteiger partial charge on any atom is 0.235 e. The topological polar surface area (TPSA) is 43.9 Å². The molecular formula is C40H23N3OS. The van der Waals surface area contributed by atoms with Gasteiger partial charge in [0.2, 0.25) is 5.95 Å². The van der Waals surface area contributed by atoms with E-state index >= 15 is 0 Å². The van der Waals surface area contributed by atoms with Crippen LogP contribution in [0.25, 0.3) is 92.4 Å². The van der Waals surface area contributed by atoms with Crippen molar-refractivity contribution < 1.29 is 4.42 Å². The third-order valence-corrected chi connectivity index (χ3v) is 9.97. The van der Waals surface area contributed by atoms with Gasteiger partial charge in [-0.3, -0.25) is 4.57 Å². The number of aromatic nitrogens is 3. The number of nitrogens with zero attached hydrogens (tertiary/aromatic N) is 3. The lowest BCUT2D eigenvalue weighted by Gasteiger charge is -2.12. The summed E-state index contributed by atoms with van der Waals surface area (Å²) in [5.74, 6) is 0.645. The lowest BCUT2D eigenvalue weighted by molar-refractivity contribution is 0.669. The Bertz CT molecular complexity index is 2720. The third-order valence-electron chi connectivity index (χ3n) is 8.83. The highest BCUT2D eigenvalue weighted by atomic mass is 32.1. The molecule has 0 aliphatic rings. The third kappa shape index (κ3) is 3.65. The first-order valence-electron chi connectivity index (χ1n) is 15.0. The Morgan fingerprint density at radius 1 is 0.467 bits per heavy atom. The summed E-state index contributed by atoms with van der Waals surface area (Å²) in [5.41, 5.74) is 7.73. The molecule has 0 spiro atoms. The summed E-state index contributed by atoms with van der Waals surface area (Å²) in [5, 5.41) is 7.13. The van der Waals surface area contributed by atoms with Gasteiger partial charge in [0.1, 0.15) is 11.2 Å². The van der Waals surface area contributed by atoms with Crippen molar-refractivity contribution in [2.45, 2.75) is 0 Å². The van der Waals surface area contributed by atoms with E-state index in [1.165, 1.54) is 30.9 Å². The molecule has 0 atom stereocenters. The van der Waals surface area contributed by atoms with E-state index in [4.69, 9.17) is 14.4 Å². The summed E-state index contributed by atoms with van der Waals surface area (Å²) in [6.07, 6.45) is 0. The molecule has 0 amide bonds. The molecule has 210 valence electrons. The molecule has 0 N–H and O–H groups in total. The van der Waals surface area contributed by atoms with Crippen molar-refractivity contribution in [1.29, 1.82) is 0 Å². The van der Waals surface area contributed by atoms with Crippen LogP contribution < -0.4 is 0 Å². The van der Waals surface area contributed by atoms with Crippen LogP contribution in [0.2, 0.25) is 0 Å². The Hall–Kier alpha value is -5.78. The molecule has 0 aliphatic carbocycles. The maximum atomic E-state index is 6.41. The number of benzene rings is 6. The predicted molar refractivity (Wildman–Crippen MR) is 187 cm³/mol. The van der Waals surface area contributed by atoms with Gasteiger partial charge in [-0.25, -0.2) is 9.97 Å². The summed E-state index contributed by atoms with van der Waals surface area (Å²) in [6.45, 7) is 0. The van der Waals surface area contributed by atoms with E-state index in [1.54, 1.807) is 0 Å². The standard InChI is InChI=1S/C40H23N3OS/c1-2-10-24(11-3-1)30-23-31(42-40(41-30)43-32-15-7-4-12-26(32)27-13-5-8-16-33(27)43)25-18-19-34-29(22-25)38-35(44-34)20-21-37-39(38)28-14-6-9-17-36(28)45-37/h1-23H. The van der Waals surface area contributed by atoms with Gasteiger partial charge >= 0.3 is 0 Å². The van der Waals surface area contributed by atoms with Crippen LogP contribution in [0.15, 0.2) is 144 Å². The van der Waals surface area contributed by atoms with E-state index in [9.17, 15) is 0 Å². The highest BCUT2D eigenvalue weighted by Gasteiger charge is 2.19. The van der Waals surface area contributed by atoms with E-state index < -0.39 is 0 Å². The quantitative estimate of drug-likeness (QED) is 0.205. The average molecular weight is 594 g/mol. The van der Waals surface area contributed by atoms with E-state index in [-0.39, 0.29) is 0 Å². The molecule has 10 rings (SSSR count). The molecular weight excluding hydrogens is 571 g/mol. The van der Waals surface area contributed by atoms with Crippen molar-refractivity contribution in [3.8, 4) is 28.5 Å². The summed E-state index contributed by atoms with van der Waals surface area (Å²) in [6, 6.07) is 48.7. The van der Waals surface area contributed by atoms with E-state index in [1.807, 2.05) is 17.4 Å². The highest BCUT2D eigenvalue weighted by molar-refractivity contribution is 7.26. The second-order valence-electron chi connectivity index (χ2n) is 11.4. The van der Waals surface area contributed by atoms with Gasteiger partial charge in [0.05, 0.1) is 22.4 Å². The Morgan fingerprint density at radius 2 is 1.11 bits per heavy atom. The van der Waals surface area contributed by atoms with Gasteiger partial charge < -0.3 is 4.42 Å². The van der Waals surface area contributed by atoms with Crippen molar-refractivity contribution in [2.24, 2.45) is 0 Å². The van der Waals surface area contributed by atoms with Crippen molar-refractivity contribution in [1.82, 2.24) is 14.5 Å². The fourth-order valence-electron chi connectivity index (χ4n) is 6.82. The highest BCUT2D eigenvalue weighted by Crippen LogP contribution is 2.43. The van der Waals surface area contributed by atoms with Crippen LogP contribution in [0.4, 0.5) is 0 Å². The maximum absolute atomic E-state index is 6.41. The van der Waals surface area contributed by atoms with Crippen LogP contribution in [0.1, 0.15) is 0 Å². The minimum absolute atomic E-state index is 0.645. The number of thiophene rings is 1. The van der Waals surface area contributed by atoms with Crippen LogP contribution in [0.5, 0.6) is 0 Å². The number of furan rings is 1. The summed E-state index contributed by atoms with van der Waals surface area (Å²) >= 11 is 1.83. The zero-order valence-corrected chi connectivity index (χ0v) is 24.8. The van der Waals surface area contributed by atoms with Crippen molar-refractivity contribution in [2.75, 3.05) is 0 Å². The smallest absolute Gasteiger partial charge is 0.235 e. The van der Waals surface area contributed by atoms with Crippen LogP contribution in [-0.4, -0.2) is 14.5 Å². The number of hydrogen-bond donors (Lipinski definition) is 0. The molecule has 0 fully saturated rings. The van der Waals surface area contributed by atoms with Crippen molar-refractivity contribution in [3.05, 3.63) is 140 Å². The first-order valence-corrected chi connectivity index (χ1v) is 15.8. The van der Waals surface area contributed by atoms with Crippen LogP contribution in [0, 0.1) is 0 Å². The molecule has 0 saturated carbocycles. The Labute approximate surface area is 261 Å². The fraction of sp³-hybridized carbons (Fsp3) is 0. The number of rotatable bonds is 3. The molecule has 10 aromatic rings. The van der Waals surface area contributed by atoms with E-state index in [0.717, 1.165) is 55.5 Å². The predicted octanol–water partition coefficient (Wildman–Crippen LogP) is 11.2. The zero-order valence-electron chi connectivity index (χ0n) is 23.9. The minimum atomic E-state index is 0.645. The second kappa shape index (κ2) is 9.36. The summed E-state index contributed by atoms with van der Waals surface area (Å²) < 4.78 is 11.1. The molecule has 4 aromatic heterocycles. The zero-order chi connectivity index (χ0) is 29.5. The lowest BCUT2D eigenvalue weighted by Crippen LogP contribution is -2.03.